The number of aromatic amines is 1. The number of hydrogen-bond acceptors (Lipinski definition) is 4. The van der Waals surface area contributed by atoms with Gasteiger partial charge in [0.25, 0.3) is 0 Å². The summed E-state index contributed by atoms with van der Waals surface area (Å²) in [4.78, 5) is 13.4. The Kier molecular flexibility index (Phi) is 4.29. The van der Waals surface area contributed by atoms with Crippen LogP contribution in [0.25, 0.3) is 0 Å². The van der Waals surface area contributed by atoms with Gasteiger partial charge in [-0.3, -0.25) is 9.89 Å². The Bertz CT molecular complexity index is 730. The second-order valence-corrected chi connectivity index (χ2v) is 5.68. The minimum absolute atomic E-state index is 0.0970. The summed E-state index contributed by atoms with van der Waals surface area (Å²) in [7, 11) is 0. The van der Waals surface area contributed by atoms with Crippen LogP contribution < -0.4 is 4.74 Å². The number of carbonyl (C=O) groups excluding carboxylic acids is 1. The first kappa shape index (κ1) is 15.1. The number of carbonyl (C=O) groups is 1. The summed E-state index contributed by atoms with van der Waals surface area (Å²) in [6, 6.07) is 9.03. The quantitative estimate of drug-likeness (QED) is 0.945. The topological polar surface area (TPSA) is 82.0 Å². The third-order valence-electron chi connectivity index (χ3n) is 4.10. The molecule has 2 heterocycles. The monoisotopic (exact) mass is 310 g/mol. The lowest BCUT2D eigenvalue weighted by atomic mass is 9.94. The highest BCUT2D eigenvalue weighted by Crippen LogP contribution is 2.34. The molecular formula is C17H18N4O2. The molecule has 0 aliphatic carbocycles. The van der Waals surface area contributed by atoms with E-state index in [-0.39, 0.29) is 11.8 Å². The van der Waals surface area contributed by atoms with Crippen LogP contribution >= 0.6 is 0 Å². The van der Waals surface area contributed by atoms with E-state index in [1.165, 1.54) is 0 Å². The maximum atomic E-state index is 11.6. The minimum atomic E-state index is 0.0970. The van der Waals surface area contributed by atoms with E-state index in [9.17, 15) is 4.79 Å². The van der Waals surface area contributed by atoms with E-state index in [1.54, 1.807) is 37.4 Å². The molecule has 0 spiro atoms. The molecule has 0 bridgehead atoms. The van der Waals surface area contributed by atoms with Gasteiger partial charge in [0, 0.05) is 25.9 Å². The maximum Gasteiger partial charge on any atom is 0.219 e. The first-order valence-electron chi connectivity index (χ1n) is 7.64. The smallest absolute Gasteiger partial charge is 0.219 e. The zero-order valence-corrected chi connectivity index (χ0v) is 13.0. The maximum absolute atomic E-state index is 11.6. The van der Waals surface area contributed by atoms with Crippen molar-refractivity contribution in [2.45, 2.75) is 25.7 Å². The highest BCUT2D eigenvalue weighted by Gasteiger charge is 2.27. The first-order chi connectivity index (χ1) is 11.2. The van der Waals surface area contributed by atoms with Crippen LogP contribution in [-0.2, 0) is 4.79 Å². The van der Waals surface area contributed by atoms with Crippen molar-refractivity contribution in [3.05, 3.63) is 41.7 Å². The number of likely N-dealkylation sites (tertiary alicyclic amines) is 1. The molecule has 1 aromatic heterocycles. The molecule has 2 aromatic rings. The van der Waals surface area contributed by atoms with Gasteiger partial charge >= 0.3 is 0 Å². The summed E-state index contributed by atoms with van der Waals surface area (Å²) in [6.45, 7) is 3.08. The van der Waals surface area contributed by atoms with Crippen LogP contribution in [0.1, 0.15) is 36.9 Å². The molecule has 1 aromatic carbocycles. The van der Waals surface area contributed by atoms with Crippen LogP contribution in [0.4, 0.5) is 0 Å². The van der Waals surface area contributed by atoms with Crippen molar-refractivity contribution >= 4 is 5.91 Å². The van der Waals surface area contributed by atoms with E-state index in [2.05, 4.69) is 16.3 Å². The summed E-state index contributed by atoms with van der Waals surface area (Å²) in [5.41, 5.74) is 1.44. The number of ether oxygens (including phenoxy) is 1. The Labute approximate surface area is 134 Å². The zero-order valence-electron chi connectivity index (χ0n) is 13.0. The normalized spacial score (nSPS) is 17.6. The van der Waals surface area contributed by atoms with Crippen LogP contribution in [0, 0.1) is 11.3 Å². The second kappa shape index (κ2) is 6.53. The molecule has 6 heteroatoms. The van der Waals surface area contributed by atoms with Crippen LogP contribution in [0.2, 0.25) is 0 Å². The van der Waals surface area contributed by atoms with Crippen molar-refractivity contribution < 1.29 is 9.53 Å². The fraction of sp³-hybridized carbons (Fsp3) is 0.353. The average molecular weight is 310 g/mol. The van der Waals surface area contributed by atoms with Gasteiger partial charge in [-0.1, -0.05) is 0 Å². The minimum Gasteiger partial charge on any atom is -0.454 e. The molecule has 118 valence electrons. The molecule has 1 aliphatic heterocycles. The molecule has 1 atom stereocenters. The van der Waals surface area contributed by atoms with Gasteiger partial charge < -0.3 is 9.64 Å². The number of amides is 1. The van der Waals surface area contributed by atoms with E-state index in [1.807, 2.05) is 4.90 Å². The van der Waals surface area contributed by atoms with Crippen LogP contribution in [0.3, 0.4) is 0 Å². The summed E-state index contributed by atoms with van der Waals surface area (Å²) in [6.07, 6.45) is 3.67. The standard InChI is InChI=1S/C17H18N4O2/c1-12(22)21-8-2-3-14(11-21)17-16(10-19-20-17)23-15-6-4-13(9-18)5-7-15/h4-7,10,14H,2-3,8,11H2,1H3,(H,19,20). The summed E-state index contributed by atoms with van der Waals surface area (Å²) >= 11 is 0. The number of nitrogens with zero attached hydrogens (tertiary/aromatic N) is 3. The molecule has 1 amide bonds. The number of piperidine rings is 1. The van der Waals surface area contributed by atoms with Crippen molar-refractivity contribution in [2.75, 3.05) is 13.1 Å². The number of benzene rings is 1. The van der Waals surface area contributed by atoms with Gasteiger partial charge in [0.1, 0.15) is 11.4 Å². The molecule has 6 nitrogen and oxygen atoms in total. The Morgan fingerprint density at radius 1 is 1.43 bits per heavy atom. The van der Waals surface area contributed by atoms with Crippen molar-refractivity contribution in [2.24, 2.45) is 0 Å². The lowest BCUT2D eigenvalue weighted by Crippen LogP contribution is -2.37. The van der Waals surface area contributed by atoms with Gasteiger partial charge in [-0.25, -0.2) is 0 Å². The van der Waals surface area contributed by atoms with E-state index < -0.39 is 0 Å². The van der Waals surface area contributed by atoms with Gasteiger partial charge in [-0.15, -0.1) is 0 Å². The van der Waals surface area contributed by atoms with E-state index in [0.717, 1.165) is 25.1 Å². The molecule has 3 rings (SSSR count). The molecule has 1 fully saturated rings. The number of H-pyrrole nitrogens is 1. The van der Waals surface area contributed by atoms with Crippen molar-refractivity contribution in [3.8, 4) is 17.6 Å². The zero-order chi connectivity index (χ0) is 16.2. The second-order valence-electron chi connectivity index (χ2n) is 5.68. The van der Waals surface area contributed by atoms with Gasteiger partial charge in [0.2, 0.25) is 5.91 Å². The third-order valence-corrected chi connectivity index (χ3v) is 4.10. The lowest BCUT2D eigenvalue weighted by molar-refractivity contribution is -0.130. The highest BCUT2D eigenvalue weighted by molar-refractivity contribution is 5.73. The summed E-state index contributed by atoms with van der Waals surface area (Å²) in [5, 5.41) is 16.0. The van der Waals surface area contributed by atoms with E-state index >= 15 is 0 Å². The average Bonchev–Trinajstić information content (AvgIpc) is 3.04. The summed E-state index contributed by atoms with van der Waals surface area (Å²) < 4.78 is 5.89. The van der Waals surface area contributed by atoms with Crippen LogP contribution in [0.15, 0.2) is 30.5 Å². The third kappa shape index (κ3) is 3.34. The SMILES string of the molecule is CC(=O)N1CCCC(c2n[nH]cc2Oc2ccc(C#N)cc2)C1. The van der Waals surface area contributed by atoms with Crippen molar-refractivity contribution in [1.82, 2.24) is 15.1 Å². The molecule has 0 saturated carbocycles. The van der Waals surface area contributed by atoms with Gasteiger partial charge in [0.05, 0.1) is 17.8 Å². The number of nitriles is 1. The first-order valence-corrected chi connectivity index (χ1v) is 7.64. The molecule has 1 unspecified atom stereocenters. The van der Waals surface area contributed by atoms with Crippen molar-refractivity contribution in [1.29, 1.82) is 5.26 Å². The number of rotatable bonds is 3. The molecule has 0 radical (unpaired) electrons. The Morgan fingerprint density at radius 3 is 2.91 bits per heavy atom. The largest absolute Gasteiger partial charge is 0.454 e. The van der Waals surface area contributed by atoms with Gasteiger partial charge in [-0.05, 0) is 37.1 Å². The fourth-order valence-corrected chi connectivity index (χ4v) is 2.87. The molecular weight excluding hydrogens is 292 g/mol. The van der Waals surface area contributed by atoms with Crippen LogP contribution in [-0.4, -0.2) is 34.1 Å². The number of nitrogens with one attached hydrogen (secondary N) is 1. The molecule has 1 saturated heterocycles. The predicted octanol–water partition coefficient (Wildman–Crippen LogP) is 2.80. The lowest BCUT2D eigenvalue weighted by Gasteiger charge is -2.31. The van der Waals surface area contributed by atoms with Crippen molar-refractivity contribution in [3.63, 3.8) is 0 Å². The highest BCUT2D eigenvalue weighted by atomic mass is 16.5. The van der Waals surface area contributed by atoms with Gasteiger partial charge in [-0.2, -0.15) is 10.4 Å². The Hall–Kier alpha value is -2.81. The molecule has 23 heavy (non-hydrogen) atoms. The Balaban J connectivity index is 1.76. The van der Waals surface area contributed by atoms with Gasteiger partial charge in [0.15, 0.2) is 5.75 Å². The molecule has 1 N–H and O–H groups in total. The predicted molar refractivity (Wildman–Crippen MR) is 84.0 cm³/mol. The number of hydrogen-bond donors (Lipinski definition) is 1. The Morgan fingerprint density at radius 2 is 2.22 bits per heavy atom. The van der Waals surface area contributed by atoms with E-state index in [0.29, 0.717) is 23.6 Å². The number of aromatic nitrogens is 2. The van der Waals surface area contributed by atoms with E-state index in [4.69, 9.17) is 10.00 Å². The fourth-order valence-electron chi connectivity index (χ4n) is 2.87. The summed E-state index contributed by atoms with van der Waals surface area (Å²) in [5.74, 6) is 1.60. The molecule has 1 aliphatic rings. The van der Waals surface area contributed by atoms with Crippen LogP contribution in [0.5, 0.6) is 11.5 Å².